The van der Waals surface area contributed by atoms with Crippen molar-refractivity contribution in [1.82, 2.24) is 10.2 Å². The van der Waals surface area contributed by atoms with Crippen LogP contribution in [-0.4, -0.2) is 35.9 Å². The summed E-state index contributed by atoms with van der Waals surface area (Å²) in [5, 5.41) is 3.58. The summed E-state index contributed by atoms with van der Waals surface area (Å²) >= 11 is 4.96. The second-order valence-electron chi connectivity index (χ2n) is 10.2. The van der Waals surface area contributed by atoms with Crippen molar-refractivity contribution in [3.63, 3.8) is 0 Å². The predicted octanol–water partition coefficient (Wildman–Crippen LogP) is 9.33. The number of hydrogen-bond acceptors (Lipinski definition) is 4. The Hall–Kier alpha value is -2.50. The van der Waals surface area contributed by atoms with E-state index in [0.717, 1.165) is 71.7 Å². The fourth-order valence-corrected chi connectivity index (χ4v) is 5.08. The van der Waals surface area contributed by atoms with E-state index in [1.54, 1.807) is 4.90 Å². The Kier molecular flexibility index (Phi) is 17.6. The summed E-state index contributed by atoms with van der Waals surface area (Å²) in [6.07, 6.45) is 2.06. The number of anilines is 1. The molecule has 0 saturated heterocycles. The Morgan fingerprint density at radius 2 is 1.50 bits per heavy atom. The first-order valence-corrected chi connectivity index (χ1v) is 15.1. The molecule has 0 aliphatic rings. The maximum absolute atomic E-state index is 14.0. The van der Waals surface area contributed by atoms with Gasteiger partial charge in [-0.05, 0) is 102 Å². The number of rotatable bonds is 13. The van der Waals surface area contributed by atoms with Gasteiger partial charge in [0.05, 0.1) is 0 Å². The molecule has 0 spiro atoms. The molecule has 2 aromatic rings. The first-order chi connectivity index (χ1) is 18.5. The van der Waals surface area contributed by atoms with E-state index in [1.165, 1.54) is 0 Å². The van der Waals surface area contributed by atoms with Gasteiger partial charge in [0.15, 0.2) is 5.50 Å². The van der Waals surface area contributed by atoms with Gasteiger partial charge in [-0.15, -0.1) is 12.6 Å². The van der Waals surface area contributed by atoms with Crippen molar-refractivity contribution in [2.24, 2.45) is 5.92 Å². The zero-order valence-electron chi connectivity index (χ0n) is 26.2. The molecular formula is C35H57N3OS. The van der Waals surface area contributed by atoms with Crippen LogP contribution in [0.2, 0.25) is 0 Å². The normalized spacial score (nSPS) is 11.9. The van der Waals surface area contributed by atoms with Crippen LogP contribution >= 0.6 is 12.6 Å². The van der Waals surface area contributed by atoms with Gasteiger partial charge < -0.3 is 10.2 Å². The quantitative estimate of drug-likeness (QED) is 0.144. The van der Waals surface area contributed by atoms with Gasteiger partial charge in [0, 0.05) is 16.9 Å². The highest BCUT2D eigenvalue weighted by molar-refractivity contribution is 7.81. The SMILES string of the molecule is C.C=C(C(NC(S)N(C(=O)c1ccc(C)cc1C)c1ccc(C)cc1)=C(C)C)C(CC)CCN(CC)CC.CC. The minimum absolute atomic E-state index is 0. The van der Waals surface area contributed by atoms with Crippen molar-refractivity contribution in [3.05, 3.63) is 88.1 Å². The molecule has 0 aromatic heterocycles. The minimum atomic E-state index is -0.571. The van der Waals surface area contributed by atoms with Gasteiger partial charge in [-0.3, -0.25) is 9.69 Å². The molecule has 2 rings (SSSR count). The lowest BCUT2D eigenvalue weighted by atomic mass is 9.90. The minimum Gasteiger partial charge on any atom is -0.356 e. The predicted molar refractivity (Wildman–Crippen MR) is 182 cm³/mol. The Morgan fingerprint density at radius 1 is 0.950 bits per heavy atom. The van der Waals surface area contributed by atoms with Crippen molar-refractivity contribution in [1.29, 1.82) is 0 Å². The number of thiol groups is 1. The lowest BCUT2D eigenvalue weighted by Crippen LogP contribution is -2.46. The van der Waals surface area contributed by atoms with Gasteiger partial charge in [-0.2, -0.15) is 0 Å². The summed E-state index contributed by atoms with van der Waals surface area (Å²) in [5.41, 5.74) is 7.33. The lowest BCUT2D eigenvalue weighted by Gasteiger charge is -2.33. The monoisotopic (exact) mass is 567 g/mol. The highest BCUT2D eigenvalue weighted by Gasteiger charge is 2.27. The van der Waals surface area contributed by atoms with Crippen LogP contribution in [0.1, 0.15) is 95.8 Å². The van der Waals surface area contributed by atoms with Crippen LogP contribution in [0.4, 0.5) is 5.69 Å². The lowest BCUT2D eigenvalue weighted by molar-refractivity contribution is 0.0982. The topological polar surface area (TPSA) is 35.6 Å². The molecule has 224 valence electrons. The van der Waals surface area contributed by atoms with Crippen molar-refractivity contribution in [3.8, 4) is 0 Å². The van der Waals surface area contributed by atoms with Crippen LogP contribution in [0.25, 0.3) is 0 Å². The number of nitrogens with zero attached hydrogens (tertiary/aromatic N) is 2. The van der Waals surface area contributed by atoms with Crippen LogP contribution in [0, 0.1) is 26.7 Å². The molecular weight excluding hydrogens is 510 g/mol. The van der Waals surface area contributed by atoms with Crippen LogP contribution in [0.5, 0.6) is 0 Å². The van der Waals surface area contributed by atoms with Gasteiger partial charge in [0.25, 0.3) is 5.91 Å². The number of allylic oxidation sites excluding steroid dienone is 2. The molecule has 40 heavy (non-hydrogen) atoms. The molecule has 0 aliphatic carbocycles. The standard InChI is InChI=1S/C32H47N3OS.C2H6.CH4/c1-10-27(19-20-34(11-2)12-3)26(9)30(22(4)5)33-32(37)35(28-16-13-23(6)14-17-28)31(36)29-18-15-24(7)21-25(29)8;1-2;/h13-18,21,27,32-33,37H,9-12,19-20H2,1-8H3;1-2H3;1H4. The molecule has 2 atom stereocenters. The van der Waals surface area contributed by atoms with Gasteiger partial charge in [0.1, 0.15) is 0 Å². The molecule has 0 radical (unpaired) electrons. The van der Waals surface area contributed by atoms with Gasteiger partial charge in [-0.25, -0.2) is 0 Å². The second kappa shape index (κ2) is 18.8. The van der Waals surface area contributed by atoms with Gasteiger partial charge in [-0.1, -0.05) is 89.6 Å². The molecule has 0 heterocycles. The first-order valence-electron chi connectivity index (χ1n) is 14.5. The molecule has 5 heteroatoms. The molecule has 0 bridgehead atoms. The van der Waals surface area contributed by atoms with E-state index in [-0.39, 0.29) is 13.3 Å². The third kappa shape index (κ3) is 10.5. The number of benzene rings is 2. The first kappa shape index (κ1) is 37.5. The molecule has 1 amide bonds. The fourth-order valence-electron chi connectivity index (χ4n) is 4.72. The van der Waals surface area contributed by atoms with Gasteiger partial charge >= 0.3 is 0 Å². The summed E-state index contributed by atoms with van der Waals surface area (Å²) in [4.78, 5) is 18.1. The Bertz CT molecular complexity index is 1080. The summed E-state index contributed by atoms with van der Waals surface area (Å²) in [7, 11) is 0. The van der Waals surface area contributed by atoms with Crippen LogP contribution < -0.4 is 10.2 Å². The number of nitrogens with one attached hydrogen (secondary N) is 1. The molecule has 4 nitrogen and oxygen atoms in total. The Balaban J connectivity index is 0.00000495. The molecule has 1 N–H and O–H groups in total. The highest BCUT2D eigenvalue weighted by Crippen LogP contribution is 2.29. The Morgan fingerprint density at radius 3 is 1.98 bits per heavy atom. The van der Waals surface area contributed by atoms with Gasteiger partial charge in [0.2, 0.25) is 0 Å². The number of carbonyl (C=O) groups is 1. The molecule has 0 aliphatic heterocycles. The van der Waals surface area contributed by atoms with E-state index < -0.39 is 5.50 Å². The summed E-state index contributed by atoms with van der Waals surface area (Å²) in [6, 6.07) is 14.0. The van der Waals surface area contributed by atoms with E-state index >= 15 is 0 Å². The van der Waals surface area contributed by atoms with Crippen molar-refractivity contribution >= 4 is 24.2 Å². The zero-order chi connectivity index (χ0) is 29.7. The number of carbonyl (C=O) groups excluding carboxylic acids is 1. The third-order valence-corrected chi connectivity index (χ3v) is 7.52. The van der Waals surface area contributed by atoms with Crippen LogP contribution in [-0.2, 0) is 0 Å². The maximum atomic E-state index is 14.0. The van der Waals surface area contributed by atoms with E-state index in [2.05, 4.69) is 51.4 Å². The highest BCUT2D eigenvalue weighted by atomic mass is 32.1. The van der Waals surface area contributed by atoms with Crippen molar-refractivity contribution < 1.29 is 4.79 Å². The third-order valence-electron chi connectivity index (χ3n) is 7.16. The van der Waals surface area contributed by atoms with Crippen LogP contribution in [0.15, 0.2) is 65.9 Å². The number of amides is 1. The summed E-state index contributed by atoms with van der Waals surface area (Å²) in [6.45, 7) is 28.6. The van der Waals surface area contributed by atoms with E-state index in [4.69, 9.17) is 12.6 Å². The molecule has 0 saturated carbocycles. The van der Waals surface area contributed by atoms with E-state index in [1.807, 2.05) is 77.1 Å². The summed E-state index contributed by atoms with van der Waals surface area (Å²) in [5.74, 6) is 0.266. The largest absolute Gasteiger partial charge is 0.356 e. The van der Waals surface area contributed by atoms with Crippen molar-refractivity contribution in [2.45, 2.75) is 95.0 Å². The maximum Gasteiger partial charge on any atom is 0.260 e. The molecule has 0 fully saturated rings. The zero-order valence-corrected chi connectivity index (χ0v) is 27.1. The average Bonchev–Trinajstić information content (AvgIpc) is 2.91. The smallest absolute Gasteiger partial charge is 0.260 e. The Labute approximate surface area is 252 Å². The van der Waals surface area contributed by atoms with E-state index in [9.17, 15) is 4.79 Å². The average molecular weight is 568 g/mol. The number of hydrogen-bond donors (Lipinski definition) is 2. The second-order valence-corrected chi connectivity index (χ2v) is 10.7. The number of aryl methyl sites for hydroxylation is 3. The fraction of sp³-hybridized carbons (Fsp3) is 0.514. The molecule has 2 unspecified atom stereocenters. The van der Waals surface area contributed by atoms with Crippen molar-refractivity contribution in [2.75, 3.05) is 24.5 Å². The molecule has 2 aromatic carbocycles. The van der Waals surface area contributed by atoms with E-state index in [0.29, 0.717) is 11.5 Å². The van der Waals surface area contributed by atoms with Crippen LogP contribution in [0.3, 0.4) is 0 Å². The summed E-state index contributed by atoms with van der Waals surface area (Å²) < 4.78 is 0.